The van der Waals surface area contributed by atoms with E-state index in [1.165, 1.54) is 0 Å². The van der Waals surface area contributed by atoms with E-state index >= 15 is 0 Å². The molecular formula is C25H30N6S. The van der Waals surface area contributed by atoms with Gasteiger partial charge in [0.15, 0.2) is 0 Å². The zero-order valence-corrected chi connectivity index (χ0v) is 19.2. The number of nitrogens with zero attached hydrogens (tertiary/aromatic N) is 3. The van der Waals surface area contributed by atoms with Crippen molar-refractivity contribution < 1.29 is 0 Å². The normalized spacial score (nSPS) is 16.9. The van der Waals surface area contributed by atoms with Crippen LogP contribution in [0, 0.1) is 5.41 Å². The van der Waals surface area contributed by atoms with Gasteiger partial charge >= 0.3 is 0 Å². The standard InChI is InChI=1S/C25H30N6S/c1-30-11-13-31(14-12-30)24-17-22(27)20(16-23(24)29-18-25-28-10-15-32-25)21(26)9-8-19-6-4-2-3-5-7-19/h2,4-10,15-17,26,29H,3,11-14,18,27H2,1H3/b9-8+,26-21?. The fourth-order valence-corrected chi connectivity index (χ4v) is 4.33. The Bertz CT molecular complexity index is 1060. The molecule has 2 heterocycles. The van der Waals surface area contributed by atoms with E-state index in [0.717, 1.165) is 60.1 Å². The van der Waals surface area contributed by atoms with E-state index in [1.807, 2.05) is 48.0 Å². The highest BCUT2D eigenvalue weighted by Crippen LogP contribution is 2.33. The van der Waals surface area contributed by atoms with Gasteiger partial charge in [-0.2, -0.15) is 0 Å². The van der Waals surface area contributed by atoms with Crippen molar-refractivity contribution in [1.29, 1.82) is 5.41 Å². The van der Waals surface area contributed by atoms with Crippen molar-refractivity contribution in [3.05, 3.63) is 82.4 Å². The van der Waals surface area contributed by atoms with Crippen LogP contribution in [0.3, 0.4) is 0 Å². The van der Waals surface area contributed by atoms with Crippen molar-refractivity contribution >= 4 is 34.1 Å². The molecule has 1 aromatic carbocycles. The minimum absolute atomic E-state index is 0.396. The van der Waals surface area contributed by atoms with Gasteiger partial charge in [0.25, 0.3) is 0 Å². The van der Waals surface area contributed by atoms with Gasteiger partial charge in [0.05, 0.1) is 23.6 Å². The number of nitrogens with one attached hydrogen (secondary N) is 2. The van der Waals surface area contributed by atoms with Gasteiger partial charge in [0.1, 0.15) is 5.01 Å². The lowest BCUT2D eigenvalue weighted by Crippen LogP contribution is -2.44. The Labute approximate surface area is 194 Å². The first kappa shape index (κ1) is 22.0. The van der Waals surface area contributed by atoms with Crippen LogP contribution >= 0.6 is 11.3 Å². The lowest BCUT2D eigenvalue weighted by molar-refractivity contribution is 0.313. The summed E-state index contributed by atoms with van der Waals surface area (Å²) in [6.07, 6.45) is 16.9. The van der Waals surface area contributed by atoms with Crippen molar-refractivity contribution in [2.45, 2.75) is 13.0 Å². The van der Waals surface area contributed by atoms with Crippen LogP contribution in [0.2, 0.25) is 0 Å². The van der Waals surface area contributed by atoms with E-state index in [4.69, 9.17) is 11.1 Å². The molecule has 0 spiro atoms. The highest BCUT2D eigenvalue weighted by atomic mass is 32.1. The number of aromatic nitrogens is 1. The fraction of sp³-hybridized carbons (Fsp3) is 0.280. The average molecular weight is 447 g/mol. The number of anilines is 3. The van der Waals surface area contributed by atoms with Crippen LogP contribution in [0.5, 0.6) is 0 Å². The van der Waals surface area contributed by atoms with Gasteiger partial charge in [0, 0.05) is 49.0 Å². The number of nitrogen functional groups attached to an aromatic ring is 1. The Morgan fingerprint density at radius 2 is 2.09 bits per heavy atom. The number of piperazine rings is 1. The Kier molecular flexibility index (Phi) is 7.19. The molecule has 32 heavy (non-hydrogen) atoms. The molecule has 1 aliphatic heterocycles. The predicted octanol–water partition coefficient (Wildman–Crippen LogP) is 4.46. The van der Waals surface area contributed by atoms with Gasteiger partial charge in [-0.05, 0) is 37.3 Å². The second-order valence-electron chi connectivity index (χ2n) is 8.01. The molecule has 166 valence electrons. The smallest absolute Gasteiger partial charge is 0.112 e. The van der Waals surface area contributed by atoms with E-state index < -0.39 is 0 Å². The third kappa shape index (κ3) is 5.55. The van der Waals surface area contributed by atoms with Gasteiger partial charge in [0.2, 0.25) is 0 Å². The monoisotopic (exact) mass is 446 g/mol. The van der Waals surface area contributed by atoms with Crippen LogP contribution in [0.1, 0.15) is 17.0 Å². The molecular weight excluding hydrogens is 416 g/mol. The molecule has 0 atom stereocenters. The lowest BCUT2D eigenvalue weighted by atomic mass is 10.0. The third-order valence-corrected chi connectivity index (χ3v) is 6.44. The maximum atomic E-state index is 8.66. The lowest BCUT2D eigenvalue weighted by Gasteiger charge is -2.35. The van der Waals surface area contributed by atoms with Crippen molar-refractivity contribution in [3.63, 3.8) is 0 Å². The highest BCUT2D eigenvalue weighted by molar-refractivity contribution is 7.09. The first-order valence-electron chi connectivity index (χ1n) is 10.9. The molecule has 4 rings (SSSR count). The third-order valence-electron chi connectivity index (χ3n) is 5.67. The molecule has 0 radical (unpaired) electrons. The largest absolute Gasteiger partial charge is 0.398 e. The van der Waals surface area contributed by atoms with Crippen LogP contribution in [0.4, 0.5) is 17.1 Å². The van der Waals surface area contributed by atoms with Crippen LogP contribution in [-0.2, 0) is 6.54 Å². The zero-order valence-electron chi connectivity index (χ0n) is 18.4. The maximum Gasteiger partial charge on any atom is 0.112 e. The summed E-state index contributed by atoms with van der Waals surface area (Å²) >= 11 is 1.63. The summed E-state index contributed by atoms with van der Waals surface area (Å²) in [6.45, 7) is 4.58. The molecule has 2 aliphatic rings. The Morgan fingerprint density at radius 3 is 2.88 bits per heavy atom. The Balaban J connectivity index is 1.60. The summed E-state index contributed by atoms with van der Waals surface area (Å²) in [5.74, 6) is 0. The molecule has 2 aromatic rings. The summed E-state index contributed by atoms with van der Waals surface area (Å²) in [5, 5.41) is 15.2. The van der Waals surface area contributed by atoms with Gasteiger partial charge in [-0.25, -0.2) is 4.98 Å². The molecule has 1 fully saturated rings. The first-order chi connectivity index (χ1) is 15.6. The van der Waals surface area contributed by atoms with Gasteiger partial charge < -0.3 is 26.3 Å². The van der Waals surface area contributed by atoms with Gasteiger partial charge in [-0.3, -0.25) is 0 Å². The second kappa shape index (κ2) is 10.4. The SMILES string of the molecule is CN1CCN(c2cc(N)c(C(=N)/C=C/C3=CC=CCC=C3)cc2NCc2nccs2)CC1. The maximum absolute atomic E-state index is 8.66. The van der Waals surface area contributed by atoms with Gasteiger partial charge in [-0.15, -0.1) is 11.3 Å². The van der Waals surface area contributed by atoms with Crippen molar-refractivity contribution in [2.75, 3.05) is 49.2 Å². The van der Waals surface area contributed by atoms with Crippen molar-refractivity contribution in [1.82, 2.24) is 9.88 Å². The van der Waals surface area contributed by atoms with Crippen LogP contribution in [0.25, 0.3) is 0 Å². The topological polar surface area (TPSA) is 81.3 Å². The predicted molar refractivity (Wildman–Crippen MR) is 137 cm³/mol. The summed E-state index contributed by atoms with van der Waals surface area (Å²) < 4.78 is 0. The van der Waals surface area contributed by atoms with E-state index in [1.54, 1.807) is 11.3 Å². The quantitative estimate of drug-likeness (QED) is 0.432. The summed E-state index contributed by atoms with van der Waals surface area (Å²) in [6, 6.07) is 4.03. The average Bonchev–Trinajstić information content (AvgIpc) is 3.18. The number of nitrogens with two attached hydrogens (primary N) is 1. The number of hydrogen-bond donors (Lipinski definition) is 3. The summed E-state index contributed by atoms with van der Waals surface area (Å²) in [7, 11) is 2.15. The van der Waals surface area contributed by atoms with Gasteiger partial charge in [-0.1, -0.05) is 36.5 Å². The van der Waals surface area contributed by atoms with Crippen LogP contribution in [0.15, 0.2) is 71.8 Å². The number of thiazole rings is 1. The molecule has 1 saturated heterocycles. The molecule has 4 N–H and O–H groups in total. The van der Waals surface area contributed by atoms with Crippen LogP contribution in [-0.4, -0.2) is 48.8 Å². The molecule has 7 heteroatoms. The van der Waals surface area contributed by atoms with Crippen LogP contribution < -0.4 is 16.0 Å². The van der Waals surface area contributed by atoms with E-state index in [2.05, 4.69) is 45.4 Å². The second-order valence-corrected chi connectivity index (χ2v) is 8.99. The molecule has 0 bridgehead atoms. The number of rotatable bonds is 7. The first-order valence-corrected chi connectivity index (χ1v) is 11.8. The molecule has 1 aliphatic carbocycles. The molecule has 6 nitrogen and oxygen atoms in total. The molecule has 0 unspecified atom stereocenters. The molecule has 1 aromatic heterocycles. The van der Waals surface area contributed by atoms with Crippen molar-refractivity contribution in [2.24, 2.45) is 0 Å². The van der Waals surface area contributed by atoms with E-state index in [0.29, 0.717) is 17.9 Å². The summed E-state index contributed by atoms with van der Waals surface area (Å²) in [5.41, 5.74) is 11.4. The number of allylic oxidation sites excluding steroid dienone is 8. The number of likely N-dealkylation sites (N-methyl/N-ethyl adjacent to an activating group) is 1. The van der Waals surface area contributed by atoms with E-state index in [-0.39, 0.29) is 0 Å². The highest BCUT2D eigenvalue weighted by Gasteiger charge is 2.19. The Morgan fingerprint density at radius 1 is 1.25 bits per heavy atom. The molecule has 0 amide bonds. The zero-order chi connectivity index (χ0) is 22.3. The fourth-order valence-electron chi connectivity index (χ4n) is 3.78. The minimum atomic E-state index is 0.396. The number of benzene rings is 1. The van der Waals surface area contributed by atoms with Crippen molar-refractivity contribution in [3.8, 4) is 0 Å². The minimum Gasteiger partial charge on any atom is -0.398 e. The number of hydrogen-bond acceptors (Lipinski definition) is 7. The summed E-state index contributed by atoms with van der Waals surface area (Å²) in [4.78, 5) is 9.10. The Hall–Kier alpha value is -3.16. The van der Waals surface area contributed by atoms with E-state index in [9.17, 15) is 0 Å². The molecule has 0 saturated carbocycles.